The number of carbonyl (C=O) groups excluding carboxylic acids is 1. The minimum absolute atomic E-state index is 0.0300. The molecular weight excluding hydrogens is 458 g/mol. The molecule has 2 aromatic rings. The van der Waals surface area contributed by atoms with Crippen molar-refractivity contribution in [1.29, 1.82) is 10.8 Å². The number of esters is 1. The molecule has 9 heteroatoms. The Labute approximate surface area is 212 Å². The van der Waals surface area contributed by atoms with Crippen LogP contribution in [-0.4, -0.2) is 59.9 Å². The summed E-state index contributed by atoms with van der Waals surface area (Å²) >= 11 is 0. The maximum absolute atomic E-state index is 12.8. The fraction of sp³-hybridized carbons (Fsp3) is 0.444. The third kappa shape index (κ3) is 6.08. The van der Waals surface area contributed by atoms with Crippen LogP contribution in [0.15, 0.2) is 42.5 Å². The molecule has 0 aliphatic carbocycles. The van der Waals surface area contributed by atoms with Crippen molar-refractivity contribution in [3.05, 3.63) is 59.2 Å². The summed E-state index contributed by atoms with van der Waals surface area (Å²) in [6, 6.07) is 13.2. The first-order chi connectivity index (χ1) is 17.3. The third-order valence-corrected chi connectivity index (χ3v) is 6.61. The number of nitrogens with two attached hydrogens (primary N) is 1. The highest BCUT2D eigenvalue weighted by atomic mass is 16.6. The van der Waals surface area contributed by atoms with E-state index in [0.29, 0.717) is 36.0 Å². The average molecular weight is 494 g/mol. The molecule has 4 rings (SSSR count). The molecule has 4 N–H and O–H groups in total. The van der Waals surface area contributed by atoms with Gasteiger partial charge in [0, 0.05) is 31.6 Å². The standard InChI is InChI=1S/C27H35N5O4/c1-3-34-26(33)25(20-7-9-22(10-8-20)35-24-12-14-31(17-24)18(2)28)36-23-11-6-19-5-4-13-32(27(29)30)16-21(19)15-23/h6-11,15,24-25,28H,3-5,12-14,16-17H2,1-2H3,(H3,29,30). The summed E-state index contributed by atoms with van der Waals surface area (Å²) in [5.41, 5.74) is 8.65. The fourth-order valence-corrected chi connectivity index (χ4v) is 4.67. The van der Waals surface area contributed by atoms with Gasteiger partial charge in [-0.15, -0.1) is 0 Å². The molecule has 0 aromatic heterocycles. The number of hydrogen-bond donors (Lipinski definition) is 3. The molecule has 192 valence electrons. The predicted octanol–water partition coefficient (Wildman–Crippen LogP) is 3.46. The molecule has 9 nitrogen and oxygen atoms in total. The molecular formula is C27H35N5O4. The summed E-state index contributed by atoms with van der Waals surface area (Å²) in [5.74, 6) is 1.42. The number of carbonyl (C=O) groups is 1. The summed E-state index contributed by atoms with van der Waals surface area (Å²) in [6.45, 7) is 6.60. The van der Waals surface area contributed by atoms with Crippen LogP contribution in [0.25, 0.3) is 0 Å². The van der Waals surface area contributed by atoms with Gasteiger partial charge >= 0.3 is 5.97 Å². The SMILES string of the molecule is CCOC(=O)C(Oc1ccc2c(c1)CN(C(=N)N)CCC2)c1ccc(OC2CCN(C(C)=N)C2)cc1. The minimum Gasteiger partial charge on any atom is -0.489 e. The Morgan fingerprint density at radius 1 is 1.08 bits per heavy atom. The Morgan fingerprint density at radius 2 is 1.83 bits per heavy atom. The van der Waals surface area contributed by atoms with Crippen LogP contribution in [0.1, 0.15) is 49.5 Å². The van der Waals surface area contributed by atoms with E-state index in [4.69, 9.17) is 30.8 Å². The van der Waals surface area contributed by atoms with Gasteiger partial charge in [0.1, 0.15) is 17.6 Å². The van der Waals surface area contributed by atoms with E-state index in [1.807, 2.05) is 52.3 Å². The third-order valence-electron chi connectivity index (χ3n) is 6.61. The number of ether oxygens (including phenoxy) is 3. The molecule has 2 aliphatic rings. The molecule has 2 aliphatic heterocycles. The van der Waals surface area contributed by atoms with Gasteiger partial charge in [-0.2, -0.15) is 0 Å². The van der Waals surface area contributed by atoms with Gasteiger partial charge in [0.25, 0.3) is 0 Å². The first-order valence-electron chi connectivity index (χ1n) is 12.4. The van der Waals surface area contributed by atoms with Crippen LogP contribution in [0.3, 0.4) is 0 Å². The van der Waals surface area contributed by atoms with Crippen molar-refractivity contribution in [1.82, 2.24) is 9.80 Å². The summed E-state index contributed by atoms with van der Waals surface area (Å²) < 4.78 is 17.6. The quantitative estimate of drug-likeness (QED) is 0.306. The monoisotopic (exact) mass is 493 g/mol. The van der Waals surface area contributed by atoms with E-state index in [2.05, 4.69) is 0 Å². The van der Waals surface area contributed by atoms with Gasteiger partial charge in [0.05, 0.1) is 19.0 Å². The summed E-state index contributed by atoms with van der Waals surface area (Å²) in [6.07, 6.45) is 1.80. The number of nitrogens with one attached hydrogen (secondary N) is 2. The van der Waals surface area contributed by atoms with Gasteiger partial charge in [-0.25, -0.2) is 4.79 Å². The Morgan fingerprint density at radius 3 is 2.50 bits per heavy atom. The largest absolute Gasteiger partial charge is 0.489 e. The molecule has 2 unspecified atom stereocenters. The van der Waals surface area contributed by atoms with Crippen molar-refractivity contribution in [3.8, 4) is 11.5 Å². The number of hydrogen-bond acceptors (Lipinski definition) is 6. The van der Waals surface area contributed by atoms with Gasteiger partial charge in [0.2, 0.25) is 6.10 Å². The number of rotatable bonds is 7. The van der Waals surface area contributed by atoms with Crippen LogP contribution < -0.4 is 15.2 Å². The second kappa shape index (κ2) is 11.3. The van der Waals surface area contributed by atoms with E-state index in [-0.39, 0.29) is 18.7 Å². The number of nitrogens with zero attached hydrogens (tertiary/aromatic N) is 2. The van der Waals surface area contributed by atoms with E-state index >= 15 is 0 Å². The van der Waals surface area contributed by atoms with Gasteiger partial charge < -0.3 is 29.7 Å². The van der Waals surface area contributed by atoms with Gasteiger partial charge in [-0.3, -0.25) is 10.8 Å². The van der Waals surface area contributed by atoms with Gasteiger partial charge in [-0.1, -0.05) is 18.2 Å². The average Bonchev–Trinajstić information content (AvgIpc) is 3.21. The van der Waals surface area contributed by atoms with E-state index in [1.165, 1.54) is 5.56 Å². The number of fused-ring (bicyclic) bond motifs is 1. The van der Waals surface area contributed by atoms with Crippen molar-refractivity contribution >= 4 is 17.8 Å². The highest BCUT2D eigenvalue weighted by Gasteiger charge is 2.27. The molecule has 0 amide bonds. The first kappa shape index (κ1) is 25.3. The van der Waals surface area contributed by atoms with Crippen molar-refractivity contribution in [2.24, 2.45) is 5.73 Å². The fourth-order valence-electron chi connectivity index (χ4n) is 4.67. The molecule has 36 heavy (non-hydrogen) atoms. The molecule has 2 aromatic carbocycles. The van der Waals surface area contributed by atoms with Crippen LogP contribution in [0.5, 0.6) is 11.5 Å². The van der Waals surface area contributed by atoms with Crippen LogP contribution in [0.4, 0.5) is 0 Å². The van der Waals surface area contributed by atoms with Crippen LogP contribution >= 0.6 is 0 Å². The zero-order valence-corrected chi connectivity index (χ0v) is 21.0. The molecule has 0 spiro atoms. The van der Waals surface area contributed by atoms with Gasteiger partial charge in [-0.05, 0) is 62.1 Å². The lowest BCUT2D eigenvalue weighted by Gasteiger charge is -2.22. The second-order valence-electron chi connectivity index (χ2n) is 9.22. The Hall–Kier alpha value is -3.75. The summed E-state index contributed by atoms with van der Waals surface area (Å²) in [5, 5.41) is 15.6. The zero-order chi connectivity index (χ0) is 25.7. The van der Waals surface area contributed by atoms with E-state index in [1.54, 1.807) is 13.8 Å². The lowest BCUT2D eigenvalue weighted by Crippen LogP contribution is -2.35. The van der Waals surface area contributed by atoms with E-state index in [0.717, 1.165) is 37.9 Å². The van der Waals surface area contributed by atoms with E-state index in [9.17, 15) is 4.79 Å². The van der Waals surface area contributed by atoms with Gasteiger partial charge in [0.15, 0.2) is 5.96 Å². The first-order valence-corrected chi connectivity index (χ1v) is 12.4. The van der Waals surface area contributed by atoms with Crippen LogP contribution in [-0.2, 0) is 22.5 Å². The molecule has 0 bridgehead atoms. The number of likely N-dealkylation sites (tertiary alicyclic amines) is 1. The minimum atomic E-state index is -0.922. The maximum Gasteiger partial charge on any atom is 0.352 e. The molecule has 0 radical (unpaired) electrons. The number of amidine groups is 1. The Bertz CT molecular complexity index is 1100. The second-order valence-corrected chi connectivity index (χ2v) is 9.22. The molecule has 0 saturated carbocycles. The van der Waals surface area contributed by atoms with Crippen LogP contribution in [0, 0.1) is 10.8 Å². The zero-order valence-electron chi connectivity index (χ0n) is 21.0. The van der Waals surface area contributed by atoms with Crippen LogP contribution in [0.2, 0.25) is 0 Å². The smallest absolute Gasteiger partial charge is 0.352 e. The predicted molar refractivity (Wildman–Crippen MR) is 138 cm³/mol. The number of aryl methyl sites for hydroxylation is 1. The number of benzene rings is 2. The summed E-state index contributed by atoms with van der Waals surface area (Å²) in [4.78, 5) is 16.7. The van der Waals surface area contributed by atoms with E-state index < -0.39 is 12.1 Å². The molecule has 2 heterocycles. The highest BCUT2D eigenvalue weighted by Crippen LogP contribution is 2.29. The van der Waals surface area contributed by atoms with Crippen molar-refractivity contribution < 1.29 is 19.0 Å². The number of guanidine groups is 1. The summed E-state index contributed by atoms with van der Waals surface area (Å²) in [7, 11) is 0. The van der Waals surface area contributed by atoms with Crippen molar-refractivity contribution in [2.45, 2.75) is 51.9 Å². The Kier molecular flexibility index (Phi) is 7.97. The van der Waals surface area contributed by atoms with Crippen molar-refractivity contribution in [3.63, 3.8) is 0 Å². The highest BCUT2D eigenvalue weighted by molar-refractivity contribution is 5.77. The maximum atomic E-state index is 12.8. The lowest BCUT2D eigenvalue weighted by molar-refractivity contribution is -0.151. The normalized spacial score (nSPS) is 18.1. The topological polar surface area (TPSA) is 125 Å². The Balaban J connectivity index is 1.49. The molecule has 1 fully saturated rings. The lowest BCUT2D eigenvalue weighted by atomic mass is 10.0. The molecule has 2 atom stereocenters. The molecule has 1 saturated heterocycles. The van der Waals surface area contributed by atoms with Crippen molar-refractivity contribution in [2.75, 3.05) is 26.2 Å².